The maximum absolute atomic E-state index is 9.37. The highest BCUT2D eigenvalue weighted by molar-refractivity contribution is 4.86. The van der Waals surface area contributed by atoms with Gasteiger partial charge < -0.3 is 15.3 Å². The maximum atomic E-state index is 9.37. The first-order valence-electron chi connectivity index (χ1n) is 7.31. The molecular formula is C14H28N2O. The molecule has 0 bridgehead atoms. The van der Waals surface area contributed by atoms with Gasteiger partial charge in [-0.2, -0.15) is 0 Å². The normalized spacial score (nSPS) is 27.9. The second-order valence-electron chi connectivity index (χ2n) is 6.10. The number of aliphatic hydroxyl groups excluding tert-OH is 1. The van der Waals surface area contributed by atoms with E-state index < -0.39 is 0 Å². The highest BCUT2D eigenvalue weighted by Gasteiger charge is 2.28. The van der Waals surface area contributed by atoms with E-state index in [-0.39, 0.29) is 6.61 Å². The molecule has 0 aromatic rings. The van der Waals surface area contributed by atoms with E-state index in [9.17, 15) is 5.11 Å². The summed E-state index contributed by atoms with van der Waals surface area (Å²) in [5.74, 6) is 0.765. The van der Waals surface area contributed by atoms with Crippen molar-refractivity contribution in [2.45, 2.75) is 64.1 Å². The fourth-order valence-corrected chi connectivity index (χ4v) is 3.02. The molecule has 0 amide bonds. The Morgan fingerprint density at radius 3 is 2.65 bits per heavy atom. The lowest BCUT2D eigenvalue weighted by atomic mass is 10.0. The molecule has 1 heterocycles. The molecule has 2 fully saturated rings. The zero-order valence-corrected chi connectivity index (χ0v) is 11.4. The lowest BCUT2D eigenvalue weighted by molar-refractivity contribution is 0.175. The van der Waals surface area contributed by atoms with Gasteiger partial charge in [0.25, 0.3) is 0 Å². The van der Waals surface area contributed by atoms with Gasteiger partial charge in [0.15, 0.2) is 0 Å². The average Bonchev–Trinajstić information content (AvgIpc) is 2.99. The number of hydrogen-bond donors (Lipinski definition) is 2. The molecule has 0 spiro atoms. The first-order chi connectivity index (χ1) is 8.20. The van der Waals surface area contributed by atoms with Gasteiger partial charge in [0.1, 0.15) is 0 Å². The summed E-state index contributed by atoms with van der Waals surface area (Å²) in [6.45, 7) is 7.35. The van der Waals surface area contributed by atoms with Crippen LogP contribution in [0.4, 0.5) is 0 Å². The first-order valence-corrected chi connectivity index (χ1v) is 7.31. The summed E-state index contributed by atoms with van der Waals surface area (Å²) < 4.78 is 0. The molecule has 2 rings (SSSR count). The second kappa shape index (κ2) is 6.17. The van der Waals surface area contributed by atoms with E-state index >= 15 is 0 Å². The van der Waals surface area contributed by atoms with E-state index in [4.69, 9.17) is 0 Å². The molecule has 17 heavy (non-hydrogen) atoms. The Kier molecular flexibility index (Phi) is 4.83. The van der Waals surface area contributed by atoms with Gasteiger partial charge in [0.2, 0.25) is 0 Å². The van der Waals surface area contributed by atoms with Crippen LogP contribution in [0.25, 0.3) is 0 Å². The van der Waals surface area contributed by atoms with Gasteiger partial charge >= 0.3 is 0 Å². The Labute approximate surface area is 106 Å². The van der Waals surface area contributed by atoms with Crippen molar-refractivity contribution in [2.75, 3.05) is 19.7 Å². The third-order valence-corrected chi connectivity index (χ3v) is 4.22. The minimum Gasteiger partial charge on any atom is -0.395 e. The van der Waals surface area contributed by atoms with E-state index in [0.29, 0.717) is 12.1 Å². The van der Waals surface area contributed by atoms with Gasteiger partial charge in [-0.3, -0.25) is 0 Å². The topological polar surface area (TPSA) is 35.5 Å². The molecule has 2 aliphatic rings. The van der Waals surface area contributed by atoms with Crippen LogP contribution in [0, 0.1) is 5.92 Å². The quantitative estimate of drug-likeness (QED) is 0.710. The van der Waals surface area contributed by atoms with Crippen molar-refractivity contribution in [3.8, 4) is 0 Å². The fraction of sp³-hybridized carbons (Fsp3) is 1.00. The van der Waals surface area contributed by atoms with Gasteiger partial charge in [0.05, 0.1) is 6.61 Å². The molecule has 1 saturated carbocycles. The van der Waals surface area contributed by atoms with Crippen LogP contribution in [0.2, 0.25) is 0 Å². The maximum Gasteiger partial charge on any atom is 0.0585 e. The number of likely N-dealkylation sites (tertiary alicyclic amines) is 1. The Morgan fingerprint density at radius 2 is 2.06 bits per heavy atom. The molecule has 2 atom stereocenters. The summed E-state index contributed by atoms with van der Waals surface area (Å²) in [6, 6.07) is 1.79. The highest BCUT2D eigenvalue weighted by Crippen LogP contribution is 2.24. The standard InChI is InChI=1S/C14H28N2O/c1-11(2)14-4-3-8-16(14)9-7-13(10-17)15-12-5-6-12/h11-15,17H,3-10H2,1-2H3. The van der Waals surface area contributed by atoms with Crippen molar-refractivity contribution < 1.29 is 5.11 Å². The van der Waals surface area contributed by atoms with Crippen molar-refractivity contribution in [3.63, 3.8) is 0 Å². The molecule has 1 aliphatic carbocycles. The van der Waals surface area contributed by atoms with Gasteiger partial charge in [-0.25, -0.2) is 0 Å². The van der Waals surface area contributed by atoms with Crippen LogP contribution in [0.1, 0.15) is 46.0 Å². The molecule has 100 valence electrons. The molecule has 2 N–H and O–H groups in total. The second-order valence-corrected chi connectivity index (χ2v) is 6.10. The SMILES string of the molecule is CC(C)C1CCCN1CCC(CO)NC1CC1. The average molecular weight is 240 g/mol. The predicted molar refractivity (Wildman–Crippen MR) is 71.1 cm³/mol. The van der Waals surface area contributed by atoms with Crippen molar-refractivity contribution in [1.82, 2.24) is 10.2 Å². The van der Waals surface area contributed by atoms with E-state index in [1.54, 1.807) is 0 Å². The Morgan fingerprint density at radius 1 is 1.29 bits per heavy atom. The molecule has 0 aromatic carbocycles. The van der Waals surface area contributed by atoms with Gasteiger partial charge in [-0.15, -0.1) is 0 Å². The fourth-order valence-electron chi connectivity index (χ4n) is 3.02. The van der Waals surface area contributed by atoms with Crippen molar-refractivity contribution in [3.05, 3.63) is 0 Å². The van der Waals surface area contributed by atoms with Gasteiger partial charge in [0, 0.05) is 24.7 Å². The summed E-state index contributed by atoms with van der Waals surface area (Å²) in [5.41, 5.74) is 0. The number of nitrogens with zero attached hydrogens (tertiary/aromatic N) is 1. The third kappa shape index (κ3) is 3.94. The van der Waals surface area contributed by atoms with E-state index in [2.05, 4.69) is 24.1 Å². The molecule has 0 radical (unpaired) electrons. The monoisotopic (exact) mass is 240 g/mol. The van der Waals surface area contributed by atoms with Crippen LogP contribution in [0.3, 0.4) is 0 Å². The Balaban J connectivity index is 1.71. The number of rotatable bonds is 7. The highest BCUT2D eigenvalue weighted by atomic mass is 16.3. The summed E-state index contributed by atoms with van der Waals surface area (Å²) in [7, 11) is 0. The van der Waals surface area contributed by atoms with Crippen LogP contribution in [0.15, 0.2) is 0 Å². The summed E-state index contributed by atoms with van der Waals surface area (Å²) in [4.78, 5) is 2.63. The zero-order chi connectivity index (χ0) is 12.3. The predicted octanol–water partition coefficient (Wildman–Crippen LogP) is 1.61. The Bertz CT molecular complexity index is 228. The zero-order valence-electron chi connectivity index (χ0n) is 11.4. The van der Waals surface area contributed by atoms with E-state index in [1.165, 1.54) is 32.2 Å². The van der Waals surface area contributed by atoms with Crippen molar-refractivity contribution >= 4 is 0 Å². The Hall–Kier alpha value is -0.120. The van der Waals surface area contributed by atoms with Crippen LogP contribution < -0.4 is 5.32 Å². The van der Waals surface area contributed by atoms with Crippen molar-refractivity contribution in [2.24, 2.45) is 5.92 Å². The van der Waals surface area contributed by atoms with Crippen LogP contribution >= 0.6 is 0 Å². The van der Waals surface area contributed by atoms with Crippen LogP contribution in [-0.4, -0.2) is 47.8 Å². The summed E-state index contributed by atoms with van der Waals surface area (Å²) in [6.07, 6.45) is 6.40. The molecule has 1 saturated heterocycles. The lowest BCUT2D eigenvalue weighted by Crippen LogP contribution is -2.40. The molecule has 2 unspecified atom stereocenters. The van der Waals surface area contributed by atoms with Crippen LogP contribution in [0.5, 0.6) is 0 Å². The minimum atomic E-state index is 0.288. The molecule has 3 nitrogen and oxygen atoms in total. The molecule has 1 aliphatic heterocycles. The van der Waals surface area contributed by atoms with Gasteiger partial charge in [-0.05, 0) is 44.6 Å². The summed E-state index contributed by atoms with van der Waals surface area (Å²) >= 11 is 0. The minimum absolute atomic E-state index is 0.288. The number of hydrogen-bond acceptors (Lipinski definition) is 3. The summed E-state index contributed by atoms with van der Waals surface area (Å²) in [5, 5.41) is 12.9. The molecular weight excluding hydrogens is 212 g/mol. The number of nitrogens with one attached hydrogen (secondary N) is 1. The molecule has 0 aromatic heterocycles. The van der Waals surface area contributed by atoms with E-state index in [0.717, 1.165) is 24.9 Å². The van der Waals surface area contributed by atoms with Gasteiger partial charge in [-0.1, -0.05) is 13.8 Å². The van der Waals surface area contributed by atoms with Crippen molar-refractivity contribution in [1.29, 1.82) is 0 Å². The van der Waals surface area contributed by atoms with E-state index in [1.807, 2.05) is 0 Å². The largest absolute Gasteiger partial charge is 0.395 e. The number of aliphatic hydroxyl groups is 1. The van der Waals surface area contributed by atoms with Crippen LogP contribution in [-0.2, 0) is 0 Å². The smallest absolute Gasteiger partial charge is 0.0585 e. The molecule has 3 heteroatoms. The third-order valence-electron chi connectivity index (χ3n) is 4.22. The lowest BCUT2D eigenvalue weighted by Gasteiger charge is -2.29. The first kappa shape index (κ1) is 13.3.